The molecule has 110 valence electrons. The Balaban J connectivity index is 1.70. The molecule has 2 N–H and O–H groups in total. The van der Waals surface area contributed by atoms with E-state index in [0.29, 0.717) is 19.4 Å². The van der Waals surface area contributed by atoms with Crippen molar-refractivity contribution in [2.75, 3.05) is 6.54 Å². The van der Waals surface area contributed by atoms with Crippen LogP contribution in [0.5, 0.6) is 0 Å². The highest BCUT2D eigenvalue weighted by Crippen LogP contribution is 2.23. The van der Waals surface area contributed by atoms with Crippen molar-refractivity contribution in [2.45, 2.75) is 44.6 Å². The molecule has 1 saturated carbocycles. The standard InChI is InChI=1S/C16H22FNO2/c17-14-6-3-4-12(10-14)8-9-16(20)18-11-13-5-1-2-7-15(13)19/h3-4,6,10,13,15,19H,1-2,5,7-9,11H2,(H,18,20)/t13-,15-/m0/s1. The Morgan fingerprint density at radius 3 is 2.90 bits per heavy atom. The molecule has 2 atom stereocenters. The maximum Gasteiger partial charge on any atom is 0.220 e. The van der Waals surface area contributed by atoms with E-state index in [4.69, 9.17) is 0 Å². The molecule has 0 spiro atoms. The number of aliphatic hydroxyl groups is 1. The highest BCUT2D eigenvalue weighted by Gasteiger charge is 2.23. The number of halogens is 1. The van der Waals surface area contributed by atoms with Crippen LogP contribution in [0.25, 0.3) is 0 Å². The fourth-order valence-corrected chi connectivity index (χ4v) is 2.71. The lowest BCUT2D eigenvalue weighted by molar-refractivity contribution is -0.121. The monoisotopic (exact) mass is 279 g/mol. The number of rotatable bonds is 5. The van der Waals surface area contributed by atoms with E-state index in [9.17, 15) is 14.3 Å². The molecule has 0 aliphatic heterocycles. The van der Waals surface area contributed by atoms with Crippen molar-refractivity contribution in [1.82, 2.24) is 5.32 Å². The first kappa shape index (κ1) is 15.0. The third-order valence-corrected chi connectivity index (χ3v) is 3.96. The number of carbonyl (C=O) groups excluding carboxylic acids is 1. The van der Waals surface area contributed by atoms with Gasteiger partial charge >= 0.3 is 0 Å². The Morgan fingerprint density at radius 1 is 1.35 bits per heavy atom. The Hall–Kier alpha value is -1.42. The van der Waals surface area contributed by atoms with Gasteiger partial charge in [0.1, 0.15) is 5.82 Å². The molecule has 1 aliphatic carbocycles. The number of aliphatic hydroxyl groups excluding tert-OH is 1. The van der Waals surface area contributed by atoms with Crippen LogP contribution in [-0.4, -0.2) is 23.7 Å². The zero-order valence-corrected chi connectivity index (χ0v) is 11.6. The van der Waals surface area contributed by atoms with Crippen LogP contribution in [0.15, 0.2) is 24.3 Å². The van der Waals surface area contributed by atoms with E-state index in [0.717, 1.165) is 31.2 Å². The van der Waals surface area contributed by atoms with Crippen molar-refractivity contribution in [1.29, 1.82) is 0 Å². The molecule has 1 aliphatic rings. The van der Waals surface area contributed by atoms with E-state index in [1.54, 1.807) is 6.07 Å². The summed E-state index contributed by atoms with van der Waals surface area (Å²) in [6.45, 7) is 0.545. The number of aryl methyl sites for hydroxylation is 1. The number of nitrogens with one attached hydrogen (secondary N) is 1. The van der Waals surface area contributed by atoms with Crippen molar-refractivity contribution in [3.8, 4) is 0 Å². The Morgan fingerprint density at radius 2 is 2.15 bits per heavy atom. The third-order valence-electron chi connectivity index (χ3n) is 3.96. The fraction of sp³-hybridized carbons (Fsp3) is 0.562. The van der Waals surface area contributed by atoms with Crippen LogP contribution >= 0.6 is 0 Å². The lowest BCUT2D eigenvalue weighted by Gasteiger charge is -2.27. The minimum absolute atomic E-state index is 0.0352. The second-order valence-electron chi connectivity index (χ2n) is 5.55. The van der Waals surface area contributed by atoms with Gasteiger partial charge in [-0.2, -0.15) is 0 Å². The molecule has 0 aromatic heterocycles. The highest BCUT2D eigenvalue weighted by molar-refractivity contribution is 5.76. The van der Waals surface area contributed by atoms with Gasteiger partial charge in [-0.3, -0.25) is 4.79 Å². The third kappa shape index (κ3) is 4.60. The molecule has 1 amide bonds. The molecule has 0 radical (unpaired) electrons. The maximum absolute atomic E-state index is 13.0. The molecular weight excluding hydrogens is 257 g/mol. The number of hydrogen-bond acceptors (Lipinski definition) is 2. The van der Waals surface area contributed by atoms with Crippen molar-refractivity contribution in [3.05, 3.63) is 35.6 Å². The molecule has 1 fully saturated rings. The van der Waals surface area contributed by atoms with Gasteiger partial charge in [0.25, 0.3) is 0 Å². The van der Waals surface area contributed by atoms with Gasteiger partial charge in [0.05, 0.1) is 6.10 Å². The summed E-state index contributed by atoms with van der Waals surface area (Å²) in [7, 11) is 0. The summed E-state index contributed by atoms with van der Waals surface area (Å²) in [4.78, 5) is 11.8. The molecule has 4 heteroatoms. The van der Waals surface area contributed by atoms with Crippen LogP contribution < -0.4 is 5.32 Å². The van der Waals surface area contributed by atoms with Gasteiger partial charge in [-0.05, 0) is 37.0 Å². The van der Waals surface area contributed by atoms with Crippen molar-refractivity contribution in [3.63, 3.8) is 0 Å². The van der Waals surface area contributed by atoms with E-state index >= 15 is 0 Å². The Kier molecular flexibility index (Phi) is 5.53. The molecule has 20 heavy (non-hydrogen) atoms. The average molecular weight is 279 g/mol. The second kappa shape index (κ2) is 7.39. The predicted octanol–water partition coefficient (Wildman–Crippen LogP) is 2.43. The molecule has 3 nitrogen and oxygen atoms in total. The van der Waals surface area contributed by atoms with E-state index < -0.39 is 0 Å². The lowest BCUT2D eigenvalue weighted by atomic mass is 9.86. The smallest absolute Gasteiger partial charge is 0.220 e. The number of hydrogen-bond donors (Lipinski definition) is 2. The van der Waals surface area contributed by atoms with E-state index in [2.05, 4.69) is 5.32 Å². The lowest BCUT2D eigenvalue weighted by Crippen LogP contribution is -2.36. The topological polar surface area (TPSA) is 49.3 Å². The van der Waals surface area contributed by atoms with E-state index in [1.807, 2.05) is 6.07 Å². The van der Waals surface area contributed by atoms with Crippen molar-refractivity contribution in [2.24, 2.45) is 5.92 Å². The van der Waals surface area contributed by atoms with Gasteiger partial charge in [-0.25, -0.2) is 4.39 Å². The maximum atomic E-state index is 13.0. The summed E-state index contributed by atoms with van der Waals surface area (Å²) in [5.41, 5.74) is 0.831. The summed E-state index contributed by atoms with van der Waals surface area (Å²) >= 11 is 0. The van der Waals surface area contributed by atoms with Crippen LogP contribution in [0.1, 0.15) is 37.7 Å². The zero-order valence-electron chi connectivity index (χ0n) is 11.6. The van der Waals surface area contributed by atoms with Crippen LogP contribution in [0, 0.1) is 11.7 Å². The SMILES string of the molecule is O=C(CCc1cccc(F)c1)NC[C@@H]1CCCC[C@@H]1O. The number of carbonyl (C=O) groups is 1. The van der Waals surface area contributed by atoms with Gasteiger partial charge < -0.3 is 10.4 Å². The number of benzene rings is 1. The highest BCUT2D eigenvalue weighted by atomic mass is 19.1. The minimum Gasteiger partial charge on any atom is -0.393 e. The van der Waals surface area contributed by atoms with Gasteiger partial charge in [0, 0.05) is 18.9 Å². The summed E-state index contributed by atoms with van der Waals surface area (Å²) < 4.78 is 13.0. The molecule has 0 saturated heterocycles. The minimum atomic E-state index is -0.285. The largest absolute Gasteiger partial charge is 0.393 e. The van der Waals surface area contributed by atoms with Crippen LogP contribution in [-0.2, 0) is 11.2 Å². The normalized spacial score (nSPS) is 22.5. The fourth-order valence-electron chi connectivity index (χ4n) is 2.71. The van der Waals surface area contributed by atoms with Crippen LogP contribution in [0.4, 0.5) is 4.39 Å². The van der Waals surface area contributed by atoms with E-state index in [1.165, 1.54) is 12.1 Å². The van der Waals surface area contributed by atoms with Crippen molar-refractivity contribution >= 4 is 5.91 Å². The molecule has 0 unspecified atom stereocenters. The van der Waals surface area contributed by atoms with Crippen molar-refractivity contribution < 1.29 is 14.3 Å². The van der Waals surface area contributed by atoms with Gasteiger partial charge in [-0.15, -0.1) is 0 Å². The first-order valence-corrected chi connectivity index (χ1v) is 7.34. The average Bonchev–Trinajstić information content (AvgIpc) is 2.44. The van der Waals surface area contributed by atoms with Gasteiger partial charge in [0.2, 0.25) is 5.91 Å². The Bertz CT molecular complexity index is 450. The van der Waals surface area contributed by atoms with Crippen LogP contribution in [0.3, 0.4) is 0 Å². The van der Waals surface area contributed by atoms with Gasteiger partial charge in [0.15, 0.2) is 0 Å². The van der Waals surface area contributed by atoms with Crippen LogP contribution in [0.2, 0.25) is 0 Å². The summed E-state index contributed by atoms with van der Waals surface area (Å²) in [6, 6.07) is 6.33. The van der Waals surface area contributed by atoms with Gasteiger partial charge in [-0.1, -0.05) is 25.0 Å². The zero-order chi connectivity index (χ0) is 14.4. The molecule has 1 aromatic rings. The quantitative estimate of drug-likeness (QED) is 0.869. The van der Waals surface area contributed by atoms with E-state index in [-0.39, 0.29) is 23.7 Å². The molecule has 1 aromatic carbocycles. The molecular formula is C16H22FNO2. The summed E-state index contributed by atoms with van der Waals surface area (Å²) in [6.07, 6.45) is 4.62. The Labute approximate surface area is 119 Å². The summed E-state index contributed by atoms with van der Waals surface area (Å²) in [5, 5.41) is 12.7. The second-order valence-corrected chi connectivity index (χ2v) is 5.55. The summed E-state index contributed by atoms with van der Waals surface area (Å²) in [5.74, 6) is -0.123. The molecule has 0 bridgehead atoms. The predicted molar refractivity (Wildman–Crippen MR) is 75.7 cm³/mol. The first-order chi connectivity index (χ1) is 9.65. The molecule has 2 rings (SSSR count). The number of amides is 1. The molecule has 0 heterocycles. The first-order valence-electron chi connectivity index (χ1n) is 7.34.